The van der Waals surface area contributed by atoms with Crippen LogP contribution in [0.4, 0.5) is 0 Å². The molecule has 1 spiro atoms. The largest absolute Gasteiger partial charge is 0.375 e. The molecule has 0 bridgehead atoms. The monoisotopic (exact) mass is 301 g/mol. The lowest BCUT2D eigenvalue weighted by molar-refractivity contribution is -0.0650. The molecule has 1 atom stereocenters. The standard InChI is InChI=1S/C15H27NO3S/c1-14(2)9-13(5-8-19-14)16-12-3-6-15(7-4-12)10-20(17,18)11-15/h12-13,16H,3-11H2,1-2H3. The van der Waals surface area contributed by atoms with Gasteiger partial charge < -0.3 is 10.1 Å². The van der Waals surface area contributed by atoms with E-state index in [1.165, 1.54) is 0 Å². The molecule has 5 heteroatoms. The Balaban J connectivity index is 1.47. The van der Waals surface area contributed by atoms with Gasteiger partial charge in [-0.05, 0) is 57.8 Å². The number of nitrogens with one attached hydrogen (secondary N) is 1. The molecule has 1 saturated carbocycles. The number of ether oxygens (including phenoxy) is 1. The summed E-state index contributed by atoms with van der Waals surface area (Å²) in [6.07, 6.45) is 6.59. The van der Waals surface area contributed by atoms with Gasteiger partial charge in [-0.25, -0.2) is 8.42 Å². The van der Waals surface area contributed by atoms with Gasteiger partial charge in [-0.3, -0.25) is 0 Å². The minimum Gasteiger partial charge on any atom is -0.375 e. The van der Waals surface area contributed by atoms with Crippen molar-refractivity contribution in [3.05, 3.63) is 0 Å². The third kappa shape index (κ3) is 3.20. The van der Waals surface area contributed by atoms with E-state index >= 15 is 0 Å². The Hall–Kier alpha value is -0.130. The van der Waals surface area contributed by atoms with Gasteiger partial charge in [-0.15, -0.1) is 0 Å². The molecule has 3 fully saturated rings. The third-order valence-corrected chi connectivity index (χ3v) is 7.37. The summed E-state index contributed by atoms with van der Waals surface area (Å²) in [4.78, 5) is 0. The van der Waals surface area contributed by atoms with E-state index in [4.69, 9.17) is 4.74 Å². The van der Waals surface area contributed by atoms with Crippen molar-refractivity contribution < 1.29 is 13.2 Å². The van der Waals surface area contributed by atoms with Crippen molar-refractivity contribution in [3.63, 3.8) is 0 Å². The maximum absolute atomic E-state index is 11.4. The van der Waals surface area contributed by atoms with Crippen molar-refractivity contribution in [2.45, 2.75) is 70.1 Å². The van der Waals surface area contributed by atoms with Crippen LogP contribution in [0.3, 0.4) is 0 Å². The molecule has 2 heterocycles. The first-order chi connectivity index (χ1) is 9.28. The highest BCUT2D eigenvalue weighted by atomic mass is 32.2. The maximum atomic E-state index is 11.4. The Labute approximate surface area is 122 Å². The molecule has 1 aliphatic carbocycles. The predicted octanol–water partition coefficient (Wildman–Crippen LogP) is 1.89. The molecule has 0 aromatic rings. The molecule has 0 aromatic heterocycles. The van der Waals surface area contributed by atoms with E-state index in [0.717, 1.165) is 45.1 Å². The first-order valence-corrected chi connectivity index (χ1v) is 9.70. The van der Waals surface area contributed by atoms with Crippen LogP contribution < -0.4 is 5.32 Å². The summed E-state index contributed by atoms with van der Waals surface area (Å²) >= 11 is 0. The summed E-state index contributed by atoms with van der Waals surface area (Å²) in [7, 11) is -2.69. The van der Waals surface area contributed by atoms with E-state index in [1.807, 2.05) is 0 Å². The van der Waals surface area contributed by atoms with Crippen molar-refractivity contribution in [2.24, 2.45) is 5.41 Å². The van der Waals surface area contributed by atoms with Gasteiger partial charge >= 0.3 is 0 Å². The Morgan fingerprint density at radius 2 is 1.70 bits per heavy atom. The molecule has 2 aliphatic heterocycles. The SMILES string of the molecule is CC1(C)CC(NC2CCC3(CC2)CS(=O)(=O)C3)CCO1. The van der Waals surface area contributed by atoms with Crippen LogP contribution in [0.25, 0.3) is 0 Å². The molecule has 20 heavy (non-hydrogen) atoms. The molecule has 0 amide bonds. The quantitative estimate of drug-likeness (QED) is 0.846. The molecule has 0 radical (unpaired) electrons. The zero-order chi connectivity index (χ0) is 14.4. The lowest BCUT2D eigenvalue weighted by Crippen LogP contribution is -2.54. The predicted molar refractivity (Wildman–Crippen MR) is 79.5 cm³/mol. The summed E-state index contributed by atoms with van der Waals surface area (Å²) in [5.74, 6) is 0.883. The summed E-state index contributed by atoms with van der Waals surface area (Å²) in [5, 5.41) is 3.79. The molecule has 3 rings (SSSR count). The van der Waals surface area contributed by atoms with Crippen molar-refractivity contribution in [2.75, 3.05) is 18.1 Å². The summed E-state index contributed by atoms with van der Waals surface area (Å²) < 4.78 is 28.6. The van der Waals surface area contributed by atoms with Gasteiger partial charge in [-0.2, -0.15) is 0 Å². The summed E-state index contributed by atoms with van der Waals surface area (Å²) in [6.45, 7) is 5.17. The van der Waals surface area contributed by atoms with E-state index in [0.29, 0.717) is 23.6 Å². The number of hydrogen-bond donors (Lipinski definition) is 1. The van der Waals surface area contributed by atoms with Gasteiger partial charge in [0.25, 0.3) is 0 Å². The van der Waals surface area contributed by atoms with Crippen LogP contribution in [0.5, 0.6) is 0 Å². The van der Waals surface area contributed by atoms with Crippen LogP contribution >= 0.6 is 0 Å². The maximum Gasteiger partial charge on any atom is 0.151 e. The zero-order valence-corrected chi connectivity index (χ0v) is 13.5. The molecule has 116 valence electrons. The molecule has 1 N–H and O–H groups in total. The molecule has 2 saturated heterocycles. The molecule has 3 aliphatic rings. The van der Waals surface area contributed by atoms with Crippen molar-refractivity contribution in [3.8, 4) is 0 Å². The lowest BCUT2D eigenvalue weighted by atomic mass is 9.74. The fourth-order valence-corrected chi connectivity index (χ4v) is 6.64. The van der Waals surface area contributed by atoms with Crippen molar-refractivity contribution >= 4 is 9.84 Å². The van der Waals surface area contributed by atoms with Gasteiger partial charge in [0.2, 0.25) is 0 Å². The van der Waals surface area contributed by atoms with Crippen molar-refractivity contribution in [1.29, 1.82) is 0 Å². The fraction of sp³-hybridized carbons (Fsp3) is 1.00. The molecular weight excluding hydrogens is 274 g/mol. The fourth-order valence-electron chi connectivity index (χ4n) is 4.28. The van der Waals surface area contributed by atoms with E-state index in [1.54, 1.807) is 0 Å². The van der Waals surface area contributed by atoms with E-state index in [-0.39, 0.29) is 11.0 Å². The molecule has 4 nitrogen and oxygen atoms in total. The highest BCUT2D eigenvalue weighted by Gasteiger charge is 2.49. The Morgan fingerprint density at radius 3 is 2.25 bits per heavy atom. The number of sulfone groups is 1. The minimum atomic E-state index is -2.69. The van der Waals surface area contributed by atoms with Gasteiger partial charge in [0.1, 0.15) is 0 Å². The first kappa shape index (κ1) is 14.8. The summed E-state index contributed by atoms with van der Waals surface area (Å²) in [6, 6.07) is 1.13. The van der Waals surface area contributed by atoms with Gasteiger partial charge in [0.15, 0.2) is 9.84 Å². The smallest absolute Gasteiger partial charge is 0.151 e. The zero-order valence-electron chi connectivity index (χ0n) is 12.7. The highest BCUT2D eigenvalue weighted by molar-refractivity contribution is 7.92. The van der Waals surface area contributed by atoms with Crippen LogP contribution in [0.2, 0.25) is 0 Å². The van der Waals surface area contributed by atoms with Crippen LogP contribution in [0.1, 0.15) is 52.4 Å². The Bertz CT molecular complexity index is 450. The number of rotatable bonds is 2. The van der Waals surface area contributed by atoms with Gasteiger partial charge in [0.05, 0.1) is 17.1 Å². The molecule has 0 aromatic carbocycles. The summed E-state index contributed by atoms with van der Waals surface area (Å²) in [5.41, 5.74) is 0.139. The van der Waals surface area contributed by atoms with E-state index < -0.39 is 9.84 Å². The van der Waals surface area contributed by atoms with Gasteiger partial charge in [-0.1, -0.05) is 0 Å². The topological polar surface area (TPSA) is 55.4 Å². The Morgan fingerprint density at radius 1 is 1.05 bits per heavy atom. The second-order valence-corrected chi connectivity index (χ2v) is 9.84. The average Bonchev–Trinajstić information content (AvgIpc) is 2.28. The Kier molecular flexibility index (Phi) is 3.67. The second kappa shape index (κ2) is 4.96. The lowest BCUT2D eigenvalue weighted by Gasteiger charge is -2.47. The van der Waals surface area contributed by atoms with Crippen LogP contribution in [-0.2, 0) is 14.6 Å². The second-order valence-electron chi connectivity index (χ2n) is 7.77. The minimum absolute atomic E-state index is 0.00609. The molecule has 1 unspecified atom stereocenters. The van der Waals surface area contributed by atoms with E-state index in [2.05, 4.69) is 19.2 Å². The van der Waals surface area contributed by atoms with Crippen LogP contribution in [0.15, 0.2) is 0 Å². The van der Waals surface area contributed by atoms with Crippen LogP contribution in [-0.4, -0.2) is 44.2 Å². The van der Waals surface area contributed by atoms with E-state index in [9.17, 15) is 8.42 Å². The third-order valence-electron chi connectivity index (χ3n) is 5.27. The number of hydrogen-bond acceptors (Lipinski definition) is 4. The van der Waals surface area contributed by atoms with Gasteiger partial charge in [0, 0.05) is 18.7 Å². The van der Waals surface area contributed by atoms with Crippen LogP contribution in [0, 0.1) is 5.41 Å². The first-order valence-electron chi connectivity index (χ1n) is 7.88. The normalized spacial score (nSPS) is 35.6. The highest BCUT2D eigenvalue weighted by Crippen LogP contribution is 2.45. The average molecular weight is 301 g/mol. The van der Waals surface area contributed by atoms with Crippen molar-refractivity contribution in [1.82, 2.24) is 5.32 Å². The molecular formula is C15H27NO3S.